The van der Waals surface area contributed by atoms with Gasteiger partial charge in [-0.15, -0.1) is 5.10 Å². The van der Waals surface area contributed by atoms with Crippen molar-refractivity contribution >= 4 is 11.8 Å². The fourth-order valence-electron chi connectivity index (χ4n) is 3.19. The summed E-state index contributed by atoms with van der Waals surface area (Å²) in [6.45, 7) is 0.838. The van der Waals surface area contributed by atoms with E-state index in [2.05, 4.69) is 49.3 Å². The lowest BCUT2D eigenvalue weighted by atomic mass is 10.2. The third-order valence-corrected chi connectivity index (χ3v) is 5.39. The maximum absolute atomic E-state index is 4.50. The summed E-state index contributed by atoms with van der Waals surface area (Å²) >= 11 is 1.67. The molecule has 124 valence electrons. The van der Waals surface area contributed by atoms with Crippen molar-refractivity contribution in [2.24, 2.45) is 0 Å². The summed E-state index contributed by atoms with van der Waals surface area (Å²) in [5.74, 6) is 1.82. The quantitative estimate of drug-likeness (QED) is 0.644. The second-order valence-corrected chi connectivity index (χ2v) is 7.03. The monoisotopic (exact) mass is 340 g/mol. The molecule has 0 N–H and O–H groups in total. The first-order valence-corrected chi connectivity index (χ1v) is 9.33. The van der Waals surface area contributed by atoms with E-state index in [9.17, 15) is 0 Å². The van der Waals surface area contributed by atoms with Crippen LogP contribution in [0.25, 0.3) is 0 Å². The molecule has 1 saturated carbocycles. The minimum atomic E-state index is 0.464. The lowest BCUT2D eigenvalue weighted by molar-refractivity contribution is 0.423. The van der Waals surface area contributed by atoms with Crippen molar-refractivity contribution in [3.8, 4) is 0 Å². The van der Waals surface area contributed by atoms with Crippen LogP contribution in [0, 0.1) is 0 Å². The normalized spacial score (nSPS) is 15.2. The molecule has 1 aliphatic rings. The van der Waals surface area contributed by atoms with E-state index < -0.39 is 0 Å². The van der Waals surface area contributed by atoms with E-state index in [0.29, 0.717) is 6.04 Å². The Hall–Kier alpha value is -2.15. The van der Waals surface area contributed by atoms with Crippen molar-refractivity contribution in [1.29, 1.82) is 0 Å². The Bertz CT molecular complexity index is 775. The molecule has 2 aromatic heterocycles. The van der Waals surface area contributed by atoms with Crippen LogP contribution in [0.5, 0.6) is 0 Å². The predicted octanol–water partition coefficient (Wildman–Crippen LogP) is 3.33. The number of nitrogens with zero attached hydrogens (tertiary/aromatic N) is 6. The van der Waals surface area contributed by atoms with E-state index in [1.54, 1.807) is 11.8 Å². The molecular weight excluding hydrogens is 320 g/mol. The fraction of sp³-hybridized carbons (Fsp3) is 0.412. The molecule has 1 aromatic carbocycles. The van der Waals surface area contributed by atoms with Crippen molar-refractivity contribution in [2.75, 3.05) is 0 Å². The zero-order valence-corrected chi connectivity index (χ0v) is 14.3. The largest absolute Gasteiger partial charge is 0.330 e. The number of hydrogen-bond donors (Lipinski definition) is 0. The van der Waals surface area contributed by atoms with E-state index in [1.807, 2.05) is 23.1 Å². The molecule has 0 bridgehead atoms. The Morgan fingerprint density at radius 2 is 1.96 bits per heavy atom. The molecule has 2 heterocycles. The summed E-state index contributed by atoms with van der Waals surface area (Å²) < 4.78 is 4.19. The van der Waals surface area contributed by atoms with Gasteiger partial charge in [-0.2, -0.15) is 0 Å². The minimum absolute atomic E-state index is 0.464. The van der Waals surface area contributed by atoms with Gasteiger partial charge in [-0.25, -0.2) is 9.67 Å². The number of thioether (sulfide) groups is 1. The van der Waals surface area contributed by atoms with Gasteiger partial charge in [-0.1, -0.05) is 54.9 Å². The maximum Gasteiger partial charge on any atom is 0.210 e. The number of rotatable bonds is 6. The molecule has 0 atom stereocenters. The van der Waals surface area contributed by atoms with Gasteiger partial charge in [0.25, 0.3) is 0 Å². The van der Waals surface area contributed by atoms with Crippen LogP contribution in [0.3, 0.4) is 0 Å². The lowest BCUT2D eigenvalue weighted by Crippen LogP contribution is -2.09. The lowest BCUT2D eigenvalue weighted by Gasteiger charge is -2.11. The van der Waals surface area contributed by atoms with Gasteiger partial charge in [0.05, 0.1) is 11.8 Å². The highest BCUT2D eigenvalue weighted by molar-refractivity contribution is 7.98. The molecule has 0 saturated heterocycles. The third-order valence-electron chi connectivity index (χ3n) is 4.46. The first-order chi connectivity index (χ1) is 11.9. The summed E-state index contributed by atoms with van der Waals surface area (Å²) in [5, 5.41) is 13.2. The van der Waals surface area contributed by atoms with Crippen LogP contribution >= 0.6 is 11.8 Å². The summed E-state index contributed by atoms with van der Waals surface area (Å²) in [6, 6.07) is 10.9. The van der Waals surface area contributed by atoms with E-state index in [-0.39, 0.29) is 0 Å². The van der Waals surface area contributed by atoms with Crippen LogP contribution in [0.15, 0.2) is 47.9 Å². The van der Waals surface area contributed by atoms with Crippen molar-refractivity contribution in [2.45, 2.75) is 49.2 Å². The number of tetrazole rings is 1. The Balaban J connectivity index is 1.44. The zero-order chi connectivity index (χ0) is 16.2. The average molecular weight is 340 g/mol. The smallest absolute Gasteiger partial charge is 0.210 e. The van der Waals surface area contributed by atoms with Crippen molar-refractivity contribution < 1.29 is 0 Å². The topological polar surface area (TPSA) is 61.4 Å². The predicted molar refractivity (Wildman–Crippen MR) is 92.7 cm³/mol. The van der Waals surface area contributed by atoms with Gasteiger partial charge in [-0.05, 0) is 28.8 Å². The van der Waals surface area contributed by atoms with Crippen LogP contribution in [-0.2, 0) is 12.3 Å². The summed E-state index contributed by atoms with van der Waals surface area (Å²) in [4.78, 5) is 4.50. The molecule has 0 spiro atoms. The van der Waals surface area contributed by atoms with Crippen LogP contribution in [0.1, 0.15) is 43.1 Å². The van der Waals surface area contributed by atoms with E-state index in [0.717, 1.165) is 23.3 Å². The van der Waals surface area contributed by atoms with Gasteiger partial charge in [0.2, 0.25) is 5.16 Å². The number of benzene rings is 1. The SMILES string of the molecule is c1ccc(Cn2ccnc2CSc2nnnn2C2CCCC2)cc1. The van der Waals surface area contributed by atoms with Gasteiger partial charge in [0.15, 0.2) is 0 Å². The Morgan fingerprint density at radius 3 is 2.79 bits per heavy atom. The third kappa shape index (κ3) is 3.36. The van der Waals surface area contributed by atoms with Crippen LogP contribution in [0.4, 0.5) is 0 Å². The fourth-order valence-corrected chi connectivity index (χ4v) is 4.10. The Labute approximate surface area is 145 Å². The molecule has 0 aliphatic heterocycles. The number of imidazole rings is 1. The average Bonchev–Trinajstić information content (AvgIpc) is 3.35. The van der Waals surface area contributed by atoms with Crippen LogP contribution < -0.4 is 0 Å². The molecule has 24 heavy (non-hydrogen) atoms. The van der Waals surface area contributed by atoms with Crippen molar-refractivity contribution in [1.82, 2.24) is 29.8 Å². The maximum atomic E-state index is 4.50. The standard InChI is InChI=1S/C17H20N6S/c1-2-6-14(7-3-1)12-22-11-10-18-16(22)13-24-17-19-20-21-23(17)15-8-4-5-9-15/h1-3,6-7,10-11,15H,4-5,8-9,12-13H2. The summed E-state index contributed by atoms with van der Waals surface area (Å²) in [5.41, 5.74) is 1.28. The molecular formula is C17H20N6S. The van der Waals surface area contributed by atoms with Gasteiger partial charge in [0, 0.05) is 18.9 Å². The molecule has 0 radical (unpaired) electrons. The molecule has 7 heteroatoms. The first-order valence-electron chi connectivity index (χ1n) is 8.35. The minimum Gasteiger partial charge on any atom is -0.330 e. The van der Waals surface area contributed by atoms with Gasteiger partial charge in [-0.3, -0.25) is 0 Å². The molecule has 6 nitrogen and oxygen atoms in total. The zero-order valence-electron chi connectivity index (χ0n) is 13.5. The highest BCUT2D eigenvalue weighted by Gasteiger charge is 2.21. The summed E-state index contributed by atoms with van der Waals surface area (Å²) in [6.07, 6.45) is 8.80. The molecule has 0 unspecified atom stereocenters. The van der Waals surface area contributed by atoms with Crippen molar-refractivity contribution in [3.63, 3.8) is 0 Å². The second kappa shape index (κ2) is 7.17. The van der Waals surface area contributed by atoms with Gasteiger partial charge >= 0.3 is 0 Å². The van der Waals surface area contributed by atoms with Crippen molar-refractivity contribution in [3.05, 3.63) is 54.1 Å². The summed E-state index contributed by atoms with van der Waals surface area (Å²) in [7, 11) is 0. The van der Waals surface area contributed by atoms with Gasteiger partial charge < -0.3 is 4.57 Å². The van der Waals surface area contributed by atoms with E-state index in [1.165, 1.54) is 31.2 Å². The van der Waals surface area contributed by atoms with E-state index in [4.69, 9.17) is 0 Å². The highest BCUT2D eigenvalue weighted by atomic mass is 32.2. The first kappa shape index (κ1) is 15.4. The molecule has 0 amide bonds. The van der Waals surface area contributed by atoms with E-state index >= 15 is 0 Å². The Kier molecular flexibility index (Phi) is 4.60. The van der Waals surface area contributed by atoms with Crippen LogP contribution in [-0.4, -0.2) is 29.8 Å². The number of hydrogen-bond acceptors (Lipinski definition) is 5. The van der Waals surface area contributed by atoms with Gasteiger partial charge in [0.1, 0.15) is 5.82 Å². The highest BCUT2D eigenvalue weighted by Crippen LogP contribution is 2.32. The molecule has 4 rings (SSSR count). The molecule has 3 aromatic rings. The molecule has 1 aliphatic carbocycles. The number of aromatic nitrogens is 6. The molecule has 1 fully saturated rings. The Morgan fingerprint density at radius 1 is 1.12 bits per heavy atom. The second-order valence-electron chi connectivity index (χ2n) is 6.09. The van der Waals surface area contributed by atoms with Crippen LogP contribution in [0.2, 0.25) is 0 Å².